The summed E-state index contributed by atoms with van der Waals surface area (Å²) in [5, 5.41) is 3.47. The summed E-state index contributed by atoms with van der Waals surface area (Å²) in [4.78, 5) is 0.720. The number of benzene rings is 2. The van der Waals surface area contributed by atoms with Crippen LogP contribution in [-0.4, -0.2) is 5.54 Å². The summed E-state index contributed by atoms with van der Waals surface area (Å²) in [6.45, 7) is 6.31. The number of halogens is 3. The molecule has 0 amide bonds. The zero-order valence-electron chi connectivity index (χ0n) is 14.2. The van der Waals surface area contributed by atoms with Gasteiger partial charge in [-0.1, -0.05) is 6.08 Å². The summed E-state index contributed by atoms with van der Waals surface area (Å²) in [6.07, 6.45) is -2.12. The highest BCUT2D eigenvalue weighted by molar-refractivity contribution is 8.00. The third-order valence-corrected chi connectivity index (χ3v) is 4.79. The first-order chi connectivity index (χ1) is 11.6. The fraction of sp³-hybridized carbons (Fsp3) is 0.263. The Morgan fingerprint density at radius 3 is 2.36 bits per heavy atom. The minimum absolute atomic E-state index is 0.0823. The van der Waals surface area contributed by atoms with Crippen LogP contribution in [0, 0.1) is 0 Å². The molecular formula is C19H19F3N2S. The van der Waals surface area contributed by atoms with Gasteiger partial charge in [0.2, 0.25) is 0 Å². The monoisotopic (exact) mass is 364 g/mol. The van der Waals surface area contributed by atoms with Crippen LogP contribution in [0.5, 0.6) is 0 Å². The van der Waals surface area contributed by atoms with Gasteiger partial charge in [0.15, 0.2) is 0 Å². The lowest BCUT2D eigenvalue weighted by atomic mass is 9.91. The number of hydrogen-bond acceptors (Lipinski definition) is 3. The van der Waals surface area contributed by atoms with Crippen molar-refractivity contribution in [3.05, 3.63) is 59.7 Å². The molecule has 0 saturated carbocycles. The van der Waals surface area contributed by atoms with E-state index in [0.29, 0.717) is 0 Å². The molecule has 2 aromatic carbocycles. The SMILES string of the molecule is CC1=CC(C)(C)Nc2ccc(NSc3ccc(C(F)(F)F)cc3)cc21. The van der Waals surface area contributed by atoms with Crippen LogP contribution in [-0.2, 0) is 6.18 Å². The summed E-state index contributed by atoms with van der Waals surface area (Å²) in [7, 11) is 0. The first-order valence-corrected chi connectivity index (χ1v) is 8.68. The molecule has 2 N–H and O–H groups in total. The van der Waals surface area contributed by atoms with Crippen molar-refractivity contribution in [1.82, 2.24) is 0 Å². The second-order valence-electron chi connectivity index (χ2n) is 6.66. The Labute approximate surface area is 149 Å². The molecule has 0 radical (unpaired) electrons. The molecule has 3 rings (SSSR count). The molecule has 1 aliphatic rings. The summed E-state index contributed by atoms with van der Waals surface area (Å²) < 4.78 is 41.0. The van der Waals surface area contributed by atoms with Gasteiger partial charge in [-0.2, -0.15) is 13.2 Å². The summed E-state index contributed by atoms with van der Waals surface area (Å²) in [5.74, 6) is 0. The van der Waals surface area contributed by atoms with E-state index in [1.54, 1.807) is 0 Å². The second kappa shape index (κ2) is 6.33. The lowest BCUT2D eigenvalue weighted by Gasteiger charge is -2.31. The van der Waals surface area contributed by atoms with E-state index in [1.807, 2.05) is 18.2 Å². The Bertz CT molecular complexity index is 808. The number of rotatable bonds is 3. The first kappa shape index (κ1) is 17.7. The molecule has 0 fully saturated rings. The molecule has 6 heteroatoms. The van der Waals surface area contributed by atoms with E-state index in [1.165, 1.54) is 29.7 Å². The Hall–Kier alpha value is -2.08. The lowest BCUT2D eigenvalue weighted by molar-refractivity contribution is -0.137. The predicted molar refractivity (Wildman–Crippen MR) is 98.7 cm³/mol. The van der Waals surface area contributed by atoms with Gasteiger partial charge in [-0.25, -0.2) is 0 Å². The quantitative estimate of drug-likeness (QED) is 0.614. The van der Waals surface area contributed by atoms with E-state index in [2.05, 4.69) is 36.9 Å². The molecule has 0 atom stereocenters. The van der Waals surface area contributed by atoms with Crippen molar-refractivity contribution >= 4 is 28.9 Å². The van der Waals surface area contributed by atoms with Gasteiger partial charge in [-0.3, -0.25) is 0 Å². The second-order valence-corrected chi connectivity index (χ2v) is 7.54. The van der Waals surface area contributed by atoms with Gasteiger partial charge in [-0.15, -0.1) is 0 Å². The van der Waals surface area contributed by atoms with Crippen LogP contribution in [0.3, 0.4) is 0 Å². The number of alkyl halides is 3. The van der Waals surface area contributed by atoms with Crippen LogP contribution in [0.15, 0.2) is 53.4 Å². The van der Waals surface area contributed by atoms with Gasteiger partial charge < -0.3 is 10.0 Å². The fourth-order valence-electron chi connectivity index (χ4n) is 2.87. The number of anilines is 2. The average molecular weight is 364 g/mol. The molecule has 0 spiro atoms. The van der Waals surface area contributed by atoms with E-state index >= 15 is 0 Å². The zero-order valence-corrected chi connectivity index (χ0v) is 15.0. The molecule has 0 unspecified atom stereocenters. The largest absolute Gasteiger partial charge is 0.416 e. The molecular weight excluding hydrogens is 345 g/mol. The number of allylic oxidation sites excluding steroid dienone is 1. The Morgan fingerprint density at radius 1 is 1.04 bits per heavy atom. The molecule has 1 aliphatic heterocycles. The van der Waals surface area contributed by atoms with Crippen LogP contribution in [0.2, 0.25) is 0 Å². The average Bonchev–Trinajstić information content (AvgIpc) is 2.52. The molecule has 1 heterocycles. The minimum Gasteiger partial charge on any atom is -0.376 e. The highest BCUT2D eigenvalue weighted by Gasteiger charge is 2.30. The van der Waals surface area contributed by atoms with Gasteiger partial charge in [-0.05, 0) is 80.8 Å². The normalized spacial score (nSPS) is 15.8. The molecule has 2 aromatic rings. The van der Waals surface area contributed by atoms with E-state index in [-0.39, 0.29) is 5.54 Å². The minimum atomic E-state index is -4.31. The lowest BCUT2D eigenvalue weighted by Crippen LogP contribution is -2.31. The molecule has 132 valence electrons. The van der Waals surface area contributed by atoms with E-state index in [9.17, 15) is 13.2 Å². The molecule has 0 aliphatic carbocycles. The maximum Gasteiger partial charge on any atom is 0.416 e. The maximum absolute atomic E-state index is 12.6. The Balaban J connectivity index is 1.72. The summed E-state index contributed by atoms with van der Waals surface area (Å²) in [5.41, 5.74) is 3.58. The molecule has 0 saturated heterocycles. The molecule has 0 aromatic heterocycles. The van der Waals surface area contributed by atoms with E-state index < -0.39 is 11.7 Å². The smallest absolute Gasteiger partial charge is 0.376 e. The van der Waals surface area contributed by atoms with E-state index in [4.69, 9.17) is 0 Å². The Morgan fingerprint density at radius 2 is 1.72 bits per heavy atom. The van der Waals surface area contributed by atoms with Gasteiger partial charge in [0.1, 0.15) is 0 Å². The highest BCUT2D eigenvalue weighted by Crippen LogP contribution is 2.36. The van der Waals surface area contributed by atoms with Crippen molar-refractivity contribution in [3.63, 3.8) is 0 Å². The standard InChI is InChI=1S/C19H19F3N2S/c1-12-11-18(2,3)23-17-9-6-14(10-16(12)17)24-25-15-7-4-13(5-8-15)19(20,21)22/h4-11,23-24H,1-3H3. The van der Waals surface area contributed by atoms with Crippen molar-refractivity contribution in [3.8, 4) is 0 Å². The van der Waals surface area contributed by atoms with Gasteiger partial charge in [0.05, 0.1) is 11.1 Å². The van der Waals surface area contributed by atoms with E-state index in [0.717, 1.165) is 34.0 Å². The van der Waals surface area contributed by atoms with Crippen LogP contribution >= 0.6 is 11.9 Å². The van der Waals surface area contributed by atoms with Crippen molar-refractivity contribution in [2.45, 2.75) is 37.4 Å². The third kappa shape index (κ3) is 4.12. The topological polar surface area (TPSA) is 24.1 Å². The van der Waals surface area contributed by atoms with Crippen LogP contribution < -0.4 is 10.0 Å². The predicted octanol–water partition coefficient (Wildman–Crippen LogP) is 6.43. The van der Waals surface area contributed by atoms with Crippen LogP contribution in [0.25, 0.3) is 5.57 Å². The van der Waals surface area contributed by atoms with Crippen molar-refractivity contribution in [1.29, 1.82) is 0 Å². The van der Waals surface area contributed by atoms with Crippen LogP contribution in [0.4, 0.5) is 24.5 Å². The highest BCUT2D eigenvalue weighted by atomic mass is 32.2. The number of nitrogens with one attached hydrogen (secondary N) is 2. The fourth-order valence-corrected chi connectivity index (χ4v) is 3.51. The first-order valence-electron chi connectivity index (χ1n) is 7.86. The van der Waals surface area contributed by atoms with Crippen LogP contribution in [0.1, 0.15) is 31.9 Å². The zero-order chi connectivity index (χ0) is 18.2. The number of hydrogen-bond donors (Lipinski definition) is 2. The molecule has 2 nitrogen and oxygen atoms in total. The Kier molecular flexibility index (Phi) is 4.49. The van der Waals surface area contributed by atoms with Gasteiger partial charge in [0, 0.05) is 21.8 Å². The third-order valence-electron chi connectivity index (χ3n) is 3.95. The molecule has 25 heavy (non-hydrogen) atoms. The summed E-state index contributed by atoms with van der Waals surface area (Å²) >= 11 is 1.29. The van der Waals surface area contributed by atoms with Crippen molar-refractivity contribution in [2.75, 3.05) is 10.0 Å². The molecule has 0 bridgehead atoms. The van der Waals surface area contributed by atoms with Gasteiger partial charge in [0.25, 0.3) is 0 Å². The number of fused-ring (bicyclic) bond motifs is 1. The van der Waals surface area contributed by atoms with Gasteiger partial charge >= 0.3 is 6.18 Å². The van der Waals surface area contributed by atoms with Crippen molar-refractivity contribution < 1.29 is 13.2 Å². The van der Waals surface area contributed by atoms with Crippen molar-refractivity contribution in [2.24, 2.45) is 0 Å². The summed E-state index contributed by atoms with van der Waals surface area (Å²) in [6, 6.07) is 11.1. The maximum atomic E-state index is 12.6.